The van der Waals surface area contributed by atoms with Crippen molar-refractivity contribution in [2.75, 3.05) is 28.4 Å². The zero-order chi connectivity index (χ0) is 95.5. The van der Waals surface area contributed by atoms with E-state index in [4.69, 9.17) is 45.1 Å². The topological polar surface area (TPSA) is 232 Å². The van der Waals surface area contributed by atoms with E-state index in [1.54, 1.807) is 41.5 Å². The molecule has 19 heteroatoms. The number of hydrogen-bond donors (Lipinski definition) is 0. The van der Waals surface area contributed by atoms with Crippen molar-refractivity contribution in [3.8, 4) is 0 Å². The molecule has 7 aromatic carbocycles. The molecule has 6 unspecified atom stereocenters. The molecule has 0 N–H and O–H groups in total. The van der Waals surface area contributed by atoms with Crippen LogP contribution in [0.2, 0.25) is 0 Å². The van der Waals surface area contributed by atoms with E-state index in [-0.39, 0.29) is 111 Å². The normalized spacial score (nSPS) is 18.1. The number of fused-ring (bicyclic) bond motifs is 6. The molecule has 6 aliphatic rings. The van der Waals surface area contributed by atoms with Crippen LogP contribution >= 0.6 is 0 Å². The zero-order valence-electron chi connectivity index (χ0n) is 79.0. The molecule has 0 bridgehead atoms. The third-order valence-corrected chi connectivity index (χ3v) is 21.1. The number of rotatable bonds is 12. The van der Waals surface area contributed by atoms with Crippen molar-refractivity contribution in [3.05, 3.63) is 343 Å². The van der Waals surface area contributed by atoms with Crippen molar-refractivity contribution in [1.82, 2.24) is 0 Å². The molecule has 0 aliphatic heterocycles. The standard InChI is InChI=1S/6C15H18O2.C7H8.C3H6O2.C2H3N.C2H6.CH3F.CH3NO2/c5*1-10(2)14(16)17-13-9-15(3,4)12-8-6-5-7-11(12)13;1-10(2)14(16)17-13-12-8-6-5-7-11(12)9-15(13,3)4;1-7-5-3-2-4-6-7;1-3(4)5-2;1-3-2;2*1-2;1-2(3)4/h6*5-8,13H,1,9H2,2-4H3;2-6H,1H3;1-2H3;1H3;1-2H3;1H3;1H3. The smallest absolute Gasteiger partial charge is 0.333 e. The first-order chi connectivity index (χ1) is 58.3. The Bertz CT molecular complexity index is 4410. The summed E-state index contributed by atoms with van der Waals surface area (Å²) >= 11 is 0. The van der Waals surface area contributed by atoms with Crippen molar-refractivity contribution in [2.24, 2.45) is 5.41 Å². The monoisotopic (exact) mass is 1710 g/mol. The number of hydrogen-bond acceptors (Lipinski definition) is 16. The first-order valence-electron chi connectivity index (χ1n) is 41.8. The Kier molecular flexibility index (Phi) is 43.8. The minimum Gasteiger partial charge on any atom is -0.469 e. The number of nitrogens with zero attached hydrogens (tertiary/aromatic N) is 2. The molecule has 6 atom stereocenters. The summed E-state index contributed by atoms with van der Waals surface area (Å²) in [6.07, 6.45) is 4.30. The molecule has 13 rings (SSSR count). The van der Waals surface area contributed by atoms with E-state index >= 15 is 0 Å². The highest BCUT2D eigenvalue weighted by atomic mass is 19.1. The van der Waals surface area contributed by atoms with Crippen molar-refractivity contribution in [1.29, 1.82) is 0 Å². The molecule has 674 valence electrons. The lowest BCUT2D eigenvalue weighted by molar-refractivity contribution is -0.445. The second kappa shape index (κ2) is 50.1. The van der Waals surface area contributed by atoms with Crippen molar-refractivity contribution < 1.29 is 76.0 Å². The fraction of sp³-hybridized carbons (Fsp3) is 0.415. The summed E-state index contributed by atoms with van der Waals surface area (Å²) in [6, 6.07) is 59.3. The molecule has 0 aromatic heterocycles. The second-order valence-corrected chi connectivity index (χ2v) is 35.2. The van der Waals surface area contributed by atoms with Gasteiger partial charge in [-0.25, -0.2) is 35.3 Å². The van der Waals surface area contributed by atoms with Crippen LogP contribution in [0, 0.1) is 29.0 Å². The Morgan fingerprint density at radius 3 is 0.736 bits per heavy atom. The maximum Gasteiger partial charge on any atom is 0.333 e. The van der Waals surface area contributed by atoms with Gasteiger partial charge in [0.1, 0.15) is 36.6 Å². The minimum absolute atomic E-state index is 0.0468. The van der Waals surface area contributed by atoms with Crippen LogP contribution in [0.4, 0.5) is 4.39 Å². The number of alkyl halides is 1. The van der Waals surface area contributed by atoms with Crippen LogP contribution in [0.5, 0.6) is 0 Å². The lowest BCUT2D eigenvalue weighted by Gasteiger charge is -2.27. The average molecular weight is 1710 g/mol. The number of carbonyl (C=O) groups excluding carboxylic acids is 7. The predicted molar refractivity (Wildman–Crippen MR) is 499 cm³/mol. The fourth-order valence-electron chi connectivity index (χ4n) is 15.0. The molecule has 0 saturated carbocycles. The molecular weight excluding hydrogens is 1580 g/mol. The molecule has 0 radical (unpaired) electrons. The Morgan fingerprint density at radius 2 is 0.552 bits per heavy atom. The van der Waals surface area contributed by atoms with E-state index in [1.165, 1.54) is 60.0 Å². The Morgan fingerprint density at radius 1 is 0.376 bits per heavy atom. The lowest BCUT2D eigenvalue weighted by atomic mass is 9.87. The molecular formula is C106H137FN2O16. The highest BCUT2D eigenvalue weighted by Crippen LogP contribution is 2.52. The Balaban J connectivity index is 0.000000483. The summed E-state index contributed by atoms with van der Waals surface area (Å²) in [4.78, 5) is 90.3. The number of carbonyl (C=O) groups is 7. The van der Waals surface area contributed by atoms with E-state index in [0.717, 1.165) is 79.0 Å². The van der Waals surface area contributed by atoms with Gasteiger partial charge >= 0.3 is 41.8 Å². The summed E-state index contributed by atoms with van der Waals surface area (Å²) in [7, 11) is 4.16. The number of aryl methyl sites for hydroxylation is 1. The van der Waals surface area contributed by atoms with Gasteiger partial charge in [-0.05, 0) is 181 Å². The number of methoxy groups -OCH3 is 1. The second-order valence-electron chi connectivity index (χ2n) is 35.2. The van der Waals surface area contributed by atoms with Crippen LogP contribution in [-0.2, 0) is 100 Å². The molecule has 0 saturated heterocycles. The summed E-state index contributed by atoms with van der Waals surface area (Å²) in [5.41, 5.74) is 18.8. The maximum atomic E-state index is 11.7. The van der Waals surface area contributed by atoms with Gasteiger partial charge in [0.25, 0.3) is 0 Å². The third-order valence-electron chi connectivity index (χ3n) is 21.1. The van der Waals surface area contributed by atoms with Gasteiger partial charge in [0.05, 0.1) is 14.3 Å². The molecule has 6 aliphatic carbocycles. The molecule has 125 heavy (non-hydrogen) atoms. The number of halogens is 1. The zero-order valence-corrected chi connectivity index (χ0v) is 79.0. The molecule has 0 spiro atoms. The van der Waals surface area contributed by atoms with Crippen LogP contribution < -0.4 is 0 Å². The summed E-state index contributed by atoms with van der Waals surface area (Å²) in [5, 5.41) is 8.81. The van der Waals surface area contributed by atoms with Crippen molar-refractivity contribution in [3.63, 3.8) is 0 Å². The van der Waals surface area contributed by atoms with Crippen molar-refractivity contribution in [2.45, 2.75) is 255 Å². The maximum absolute atomic E-state index is 11.7. The van der Waals surface area contributed by atoms with E-state index in [0.29, 0.717) is 40.6 Å². The highest BCUT2D eigenvalue weighted by Gasteiger charge is 2.45. The van der Waals surface area contributed by atoms with Gasteiger partial charge in [0.2, 0.25) is 7.05 Å². The Hall–Kier alpha value is -11.9. The van der Waals surface area contributed by atoms with Gasteiger partial charge in [-0.3, -0.25) is 19.3 Å². The van der Waals surface area contributed by atoms with Crippen LogP contribution in [-0.4, -0.2) is 75.1 Å². The lowest BCUT2D eigenvalue weighted by Crippen LogP contribution is -2.23. The molecule has 18 nitrogen and oxygen atoms in total. The quantitative estimate of drug-likeness (QED) is 0.0276. The van der Waals surface area contributed by atoms with Gasteiger partial charge in [-0.15, -0.1) is 0 Å². The number of esters is 7. The Labute approximate surface area is 744 Å². The SMILES string of the molecule is C=C(C)C(=O)OC1CC(C)(C)c2ccccc21.C=C(C)C(=O)OC1CC(C)(C)c2ccccc21.C=C(C)C(=O)OC1CC(C)(C)c2ccccc21.C=C(C)C(=O)OC1CC(C)(C)c2ccccc21.C=C(C)C(=O)OC1CC(C)(C)c2ccccc21.C=C(C)C(=O)OC1c2ccccc2CC1(C)C.CC.CF.COC(C)=O.C[N+](=O)[O-].Cc1ccccc1.[C-]#[N+]C. The first kappa shape index (κ1) is 109. The largest absolute Gasteiger partial charge is 0.469 e. The summed E-state index contributed by atoms with van der Waals surface area (Å²) in [6.45, 7) is 71.1. The summed E-state index contributed by atoms with van der Waals surface area (Å²) < 4.78 is 46.7. The van der Waals surface area contributed by atoms with Gasteiger partial charge in [-0.2, -0.15) is 0 Å². The minimum atomic E-state index is -0.500. The van der Waals surface area contributed by atoms with Crippen LogP contribution in [0.3, 0.4) is 0 Å². The molecule has 0 fully saturated rings. The van der Waals surface area contributed by atoms with Gasteiger partial charge in [0.15, 0.2) is 7.05 Å². The average Bonchev–Trinajstić information content (AvgIpc) is 1.67. The number of ether oxygens (including phenoxy) is 7. The highest BCUT2D eigenvalue weighted by molar-refractivity contribution is 5.89. The van der Waals surface area contributed by atoms with Gasteiger partial charge in [0, 0.05) is 50.7 Å². The fourth-order valence-corrected chi connectivity index (χ4v) is 15.0. The predicted octanol–water partition coefficient (Wildman–Crippen LogP) is 25.3. The molecule has 7 aromatic rings. The number of nitro groups is 1. The van der Waals surface area contributed by atoms with E-state index in [9.17, 15) is 38.0 Å². The van der Waals surface area contributed by atoms with E-state index < -0.39 is 4.92 Å². The first-order valence-corrected chi connectivity index (χ1v) is 41.8. The third kappa shape index (κ3) is 33.3. The molecule has 0 amide bonds. The van der Waals surface area contributed by atoms with E-state index in [2.05, 4.69) is 188 Å². The van der Waals surface area contributed by atoms with Gasteiger partial charge < -0.3 is 38.0 Å². The van der Waals surface area contributed by atoms with Crippen LogP contribution in [0.1, 0.15) is 286 Å². The van der Waals surface area contributed by atoms with Crippen LogP contribution in [0.25, 0.3) is 4.85 Å². The van der Waals surface area contributed by atoms with Gasteiger partial charge in [-0.1, -0.05) is 318 Å². The van der Waals surface area contributed by atoms with Crippen LogP contribution in [0.15, 0.2) is 249 Å². The number of benzene rings is 7. The summed E-state index contributed by atoms with van der Waals surface area (Å²) in [5.74, 6) is -2.07. The van der Waals surface area contributed by atoms with Crippen molar-refractivity contribution >= 4 is 41.8 Å². The van der Waals surface area contributed by atoms with E-state index in [1.807, 2.05) is 141 Å². The molecule has 0 heterocycles.